The number of ether oxygens (including phenoxy) is 2. The third-order valence-corrected chi connectivity index (χ3v) is 2.77. The van der Waals surface area contributed by atoms with E-state index in [9.17, 15) is 14.4 Å². The molecule has 1 aromatic rings. The quantitative estimate of drug-likeness (QED) is 0.743. The molecular formula is C16H22N2O5. The van der Waals surface area contributed by atoms with Crippen LogP contribution < -0.4 is 15.4 Å². The smallest absolute Gasteiger partial charge is 0.347 e. The van der Waals surface area contributed by atoms with Crippen molar-refractivity contribution in [1.29, 1.82) is 0 Å². The minimum atomic E-state index is -0.862. The van der Waals surface area contributed by atoms with Crippen LogP contribution in [0.15, 0.2) is 24.3 Å². The Labute approximate surface area is 135 Å². The molecular weight excluding hydrogens is 300 g/mol. The summed E-state index contributed by atoms with van der Waals surface area (Å²) in [6.07, 6.45) is -0.108. The number of hydrogen-bond donors (Lipinski definition) is 2. The number of carbonyl (C=O) groups is 3. The fraction of sp³-hybridized carbons (Fsp3) is 0.438. The van der Waals surface area contributed by atoms with Crippen molar-refractivity contribution in [2.75, 3.05) is 13.2 Å². The highest BCUT2D eigenvalue weighted by Gasteiger charge is 2.18. The first-order valence-corrected chi connectivity index (χ1v) is 7.40. The summed E-state index contributed by atoms with van der Waals surface area (Å²) in [4.78, 5) is 34.5. The summed E-state index contributed by atoms with van der Waals surface area (Å²) in [5, 5.41) is 4.53. The van der Waals surface area contributed by atoms with Crippen molar-refractivity contribution >= 4 is 17.9 Å². The average molecular weight is 322 g/mol. The third-order valence-electron chi connectivity index (χ3n) is 2.77. The Kier molecular flexibility index (Phi) is 7.59. The molecule has 1 rings (SSSR count). The van der Waals surface area contributed by atoms with E-state index in [-0.39, 0.29) is 0 Å². The maximum atomic E-state index is 11.8. The standard InChI is InChI=1S/C16H22N2O5/c1-4-8-17-16(21)18-14(19)10-22-15(20)12(3)23-13-7-5-6-11(2)9-13/h5-7,9,12H,4,8,10H2,1-3H3,(H2,17,18,19,21)/t12-/m1/s1. The van der Waals surface area contributed by atoms with E-state index < -0.39 is 30.6 Å². The maximum absolute atomic E-state index is 11.8. The van der Waals surface area contributed by atoms with Gasteiger partial charge in [0.25, 0.3) is 5.91 Å². The third kappa shape index (κ3) is 7.30. The topological polar surface area (TPSA) is 93.7 Å². The molecule has 1 aromatic carbocycles. The molecule has 0 aliphatic heterocycles. The molecule has 0 saturated carbocycles. The van der Waals surface area contributed by atoms with Gasteiger partial charge in [0.15, 0.2) is 12.7 Å². The Bertz CT molecular complexity index is 559. The molecule has 0 spiro atoms. The van der Waals surface area contributed by atoms with Crippen LogP contribution in [-0.4, -0.2) is 37.2 Å². The summed E-state index contributed by atoms with van der Waals surface area (Å²) in [7, 11) is 0. The first-order valence-electron chi connectivity index (χ1n) is 7.40. The van der Waals surface area contributed by atoms with Crippen LogP contribution in [-0.2, 0) is 14.3 Å². The molecule has 0 aliphatic rings. The van der Waals surface area contributed by atoms with Gasteiger partial charge in [0.05, 0.1) is 0 Å². The van der Waals surface area contributed by atoms with Crippen molar-refractivity contribution in [1.82, 2.24) is 10.6 Å². The zero-order valence-corrected chi connectivity index (χ0v) is 13.5. The number of amides is 3. The largest absolute Gasteiger partial charge is 0.479 e. The fourth-order valence-electron chi connectivity index (χ4n) is 1.64. The summed E-state index contributed by atoms with van der Waals surface area (Å²) >= 11 is 0. The number of benzene rings is 1. The second-order valence-electron chi connectivity index (χ2n) is 4.99. The van der Waals surface area contributed by atoms with Gasteiger partial charge in [-0.15, -0.1) is 0 Å². The average Bonchev–Trinajstić information content (AvgIpc) is 2.50. The Morgan fingerprint density at radius 2 is 2.00 bits per heavy atom. The zero-order valence-electron chi connectivity index (χ0n) is 13.5. The van der Waals surface area contributed by atoms with Crippen molar-refractivity contribution in [2.24, 2.45) is 0 Å². The van der Waals surface area contributed by atoms with Crippen molar-refractivity contribution in [3.05, 3.63) is 29.8 Å². The van der Waals surface area contributed by atoms with Crippen molar-refractivity contribution in [2.45, 2.75) is 33.3 Å². The molecule has 0 heterocycles. The highest BCUT2D eigenvalue weighted by Crippen LogP contribution is 2.14. The van der Waals surface area contributed by atoms with E-state index in [1.165, 1.54) is 6.92 Å². The molecule has 0 radical (unpaired) electrons. The van der Waals surface area contributed by atoms with Gasteiger partial charge in [-0.1, -0.05) is 19.1 Å². The normalized spacial score (nSPS) is 11.3. The molecule has 23 heavy (non-hydrogen) atoms. The number of urea groups is 1. The molecule has 0 saturated heterocycles. The molecule has 0 unspecified atom stereocenters. The van der Waals surface area contributed by atoms with Crippen LogP contribution in [0.5, 0.6) is 5.75 Å². The van der Waals surface area contributed by atoms with Gasteiger partial charge in [0.1, 0.15) is 5.75 Å². The molecule has 2 N–H and O–H groups in total. The Morgan fingerprint density at radius 1 is 1.26 bits per heavy atom. The number of aryl methyl sites for hydroxylation is 1. The van der Waals surface area contributed by atoms with Crippen LogP contribution in [0, 0.1) is 6.92 Å². The number of nitrogens with one attached hydrogen (secondary N) is 2. The highest BCUT2D eigenvalue weighted by atomic mass is 16.6. The van der Waals surface area contributed by atoms with Crippen LogP contribution in [0.2, 0.25) is 0 Å². The predicted molar refractivity (Wildman–Crippen MR) is 84.1 cm³/mol. The fourth-order valence-corrected chi connectivity index (χ4v) is 1.64. The number of carbonyl (C=O) groups excluding carboxylic acids is 3. The first-order chi connectivity index (χ1) is 10.9. The van der Waals surface area contributed by atoms with Crippen LogP contribution in [0.1, 0.15) is 25.8 Å². The molecule has 0 aromatic heterocycles. The van der Waals surface area contributed by atoms with Crippen molar-refractivity contribution < 1.29 is 23.9 Å². The van der Waals surface area contributed by atoms with Gasteiger partial charge in [-0.05, 0) is 38.0 Å². The Balaban J connectivity index is 2.35. The molecule has 0 bridgehead atoms. The summed E-state index contributed by atoms with van der Waals surface area (Å²) < 4.78 is 10.3. The van der Waals surface area contributed by atoms with Gasteiger partial charge in [0.2, 0.25) is 0 Å². The van der Waals surface area contributed by atoms with E-state index in [4.69, 9.17) is 9.47 Å². The second kappa shape index (κ2) is 9.45. The Hall–Kier alpha value is -2.57. The van der Waals surface area contributed by atoms with Crippen molar-refractivity contribution in [3.8, 4) is 5.75 Å². The van der Waals surface area contributed by atoms with E-state index in [1.54, 1.807) is 12.1 Å². The van der Waals surface area contributed by atoms with Gasteiger partial charge in [0, 0.05) is 6.54 Å². The van der Waals surface area contributed by atoms with E-state index >= 15 is 0 Å². The van der Waals surface area contributed by atoms with Gasteiger partial charge in [-0.25, -0.2) is 9.59 Å². The molecule has 3 amide bonds. The number of rotatable bonds is 7. The lowest BCUT2D eigenvalue weighted by Gasteiger charge is -2.14. The monoisotopic (exact) mass is 322 g/mol. The minimum absolute atomic E-state index is 0.459. The van der Waals surface area contributed by atoms with E-state index in [0.29, 0.717) is 12.3 Å². The molecule has 126 valence electrons. The predicted octanol–water partition coefficient (Wildman–Crippen LogP) is 1.54. The zero-order chi connectivity index (χ0) is 17.2. The second-order valence-corrected chi connectivity index (χ2v) is 4.99. The van der Waals surface area contributed by atoms with Crippen LogP contribution in [0.3, 0.4) is 0 Å². The molecule has 0 aliphatic carbocycles. The number of imide groups is 1. The lowest BCUT2D eigenvalue weighted by molar-refractivity contribution is -0.154. The van der Waals surface area contributed by atoms with E-state index in [2.05, 4.69) is 10.6 Å². The highest BCUT2D eigenvalue weighted by molar-refractivity contribution is 5.95. The SMILES string of the molecule is CCCNC(=O)NC(=O)COC(=O)[C@@H](C)Oc1cccc(C)c1. The minimum Gasteiger partial charge on any atom is -0.479 e. The summed E-state index contributed by atoms with van der Waals surface area (Å²) in [6, 6.07) is 6.61. The van der Waals surface area contributed by atoms with E-state index in [0.717, 1.165) is 12.0 Å². The lowest BCUT2D eigenvalue weighted by atomic mass is 10.2. The number of esters is 1. The van der Waals surface area contributed by atoms with Crippen molar-refractivity contribution in [3.63, 3.8) is 0 Å². The van der Waals surface area contributed by atoms with Gasteiger partial charge in [-0.3, -0.25) is 10.1 Å². The summed E-state index contributed by atoms with van der Waals surface area (Å²) in [5.74, 6) is -0.844. The number of hydrogen-bond acceptors (Lipinski definition) is 5. The van der Waals surface area contributed by atoms with Crippen LogP contribution in [0.4, 0.5) is 4.79 Å². The maximum Gasteiger partial charge on any atom is 0.347 e. The summed E-state index contributed by atoms with van der Waals surface area (Å²) in [6.45, 7) is 5.24. The van der Waals surface area contributed by atoms with E-state index in [1.807, 2.05) is 26.0 Å². The molecule has 7 heteroatoms. The molecule has 7 nitrogen and oxygen atoms in total. The lowest BCUT2D eigenvalue weighted by Crippen LogP contribution is -2.42. The van der Waals surface area contributed by atoms with Gasteiger partial charge in [-0.2, -0.15) is 0 Å². The Morgan fingerprint density at radius 3 is 2.65 bits per heavy atom. The molecule has 1 atom stereocenters. The van der Waals surface area contributed by atoms with Gasteiger partial charge < -0.3 is 14.8 Å². The summed E-state index contributed by atoms with van der Waals surface area (Å²) in [5.41, 5.74) is 1.00. The van der Waals surface area contributed by atoms with Gasteiger partial charge >= 0.3 is 12.0 Å². The first kappa shape index (κ1) is 18.5. The van der Waals surface area contributed by atoms with Crippen LogP contribution >= 0.6 is 0 Å². The molecule has 0 fully saturated rings. The van der Waals surface area contributed by atoms with Crippen LogP contribution in [0.25, 0.3) is 0 Å².